The van der Waals surface area contributed by atoms with E-state index in [1.165, 1.54) is 16.8 Å². The molecule has 2 aliphatic rings. The topological polar surface area (TPSA) is 63.0 Å². The van der Waals surface area contributed by atoms with Crippen LogP contribution < -0.4 is 19.7 Å². The summed E-state index contributed by atoms with van der Waals surface area (Å²) in [5.74, 6) is 2.36. The third-order valence-electron chi connectivity index (χ3n) is 6.36. The zero-order valence-electron chi connectivity index (χ0n) is 18.8. The Hall–Kier alpha value is -3.03. The Kier molecular flexibility index (Phi) is 6.01. The van der Waals surface area contributed by atoms with Gasteiger partial charge >= 0.3 is 0 Å². The van der Waals surface area contributed by atoms with Crippen LogP contribution in [0.25, 0.3) is 11.3 Å². The third-order valence-corrected chi connectivity index (χ3v) is 6.36. The molecule has 3 heterocycles. The number of ether oxygens (including phenoxy) is 2. The number of nitrogens with zero attached hydrogens (tertiary/aromatic N) is 3. The highest BCUT2D eigenvalue weighted by Gasteiger charge is 2.18. The largest absolute Gasteiger partial charge is 0.454 e. The van der Waals surface area contributed by atoms with Crippen molar-refractivity contribution in [3.8, 4) is 22.8 Å². The lowest BCUT2D eigenvalue weighted by Gasteiger charge is -2.36. The smallest absolute Gasteiger partial charge is 0.231 e. The first-order chi connectivity index (χ1) is 15.7. The Morgan fingerprint density at radius 1 is 0.906 bits per heavy atom. The van der Waals surface area contributed by atoms with E-state index in [2.05, 4.69) is 52.3 Å². The molecular weight excluding hydrogens is 404 g/mol. The van der Waals surface area contributed by atoms with Crippen molar-refractivity contribution in [2.45, 2.75) is 20.4 Å². The quantitative estimate of drug-likeness (QED) is 0.570. The van der Waals surface area contributed by atoms with Crippen molar-refractivity contribution >= 4 is 5.69 Å². The van der Waals surface area contributed by atoms with Crippen molar-refractivity contribution in [1.29, 1.82) is 0 Å². The van der Waals surface area contributed by atoms with Crippen molar-refractivity contribution in [2.75, 3.05) is 51.0 Å². The van der Waals surface area contributed by atoms with Gasteiger partial charge in [0.05, 0.1) is 6.54 Å². The highest BCUT2D eigenvalue weighted by Crippen LogP contribution is 2.35. The monoisotopic (exact) mass is 434 g/mol. The summed E-state index contributed by atoms with van der Waals surface area (Å²) in [6, 6.07) is 14.6. The summed E-state index contributed by atoms with van der Waals surface area (Å²) in [5, 5.41) is 7.68. The Labute approximate surface area is 188 Å². The molecule has 0 unspecified atom stereocenters. The molecule has 168 valence electrons. The van der Waals surface area contributed by atoms with Gasteiger partial charge in [-0.25, -0.2) is 0 Å². The molecule has 5 rings (SSSR count). The maximum Gasteiger partial charge on any atom is 0.231 e. The number of aryl methyl sites for hydroxylation is 2. The highest BCUT2D eigenvalue weighted by atomic mass is 16.7. The zero-order valence-corrected chi connectivity index (χ0v) is 18.8. The second-order valence-corrected chi connectivity index (χ2v) is 8.52. The van der Waals surface area contributed by atoms with E-state index in [1.807, 2.05) is 24.3 Å². The number of anilines is 1. The normalized spacial score (nSPS) is 16.0. The maximum atomic E-state index is 5.51. The highest BCUT2D eigenvalue weighted by molar-refractivity contribution is 5.64. The van der Waals surface area contributed by atoms with Crippen LogP contribution in [0.3, 0.4) is 0 Å². The van der Waals surface area contributed by atoms with Crippen molar-refractivity contribution in [3.63, 3.8) is 0 Å². The second-order valence-electron chi connectivity index (χ2n) is 8.52. The zero-order chi connectivity index (χ0) is 21.9. The Morgan fingerprint density at radius 3 is 2.59 bits per heavy atom. The van der Waals surface area contributed by atoms with Crippen molar-refractivity contribution in [3.05, 3.63) is 59.4 Å². The van der Waals surface area contributed by atoms with Crippen molar-refractivity contribution in [2.24, 2.45) is 0 Å². The molecular formula is C25H30N4O3. The van der Waals surface area contributed by atoms with Gasteiger partial charge in [-0.15, -0.1) is 0 Å². The summed E-state index contributed by atoms with van der Waals surface area (Å²) in [6.07, 6.45) is 0. The number of fused-ring (bicyclic) bond motifs is 1. The van der Waals surface area contributed by atoms with E-state index in [1.54, 1.807) is 0 Å². The van der Waals surface area contributed by atoms with Gasteiger partial charge in [-0.3, -0.25) is 4.90 Å². The number of nitrogens with one attached hydrogen (secondary N) is 1. The Bertz CT molecular complexity index is 1070. The number of hydrogen-bond donors (Lipinski definition) is 1. The van der Waals surface area contributed by atoms with Gasteiger partial charge in [0.15, 0.2) is 17.3 Å². The van der Waals surface area contributed by atoms with Gasteiger partial charge in [-0.05, 0) is 55.3 Å². The van der Waals surface area contributed by atoms with E-state index in [9.17, 15) is 0 Å². The molecule has 3 aromatic rings. The van der Waals surface area contributed by atoms with Gasteiger partial charge < -0.3 is 24.2 Å². The minimum Gasteiger partial charge on any atom is -0.454 e. The molecule has 1 saturated heterocycles. The molecule has 2 aromatic carbocycles. The molecule has 32 heavy (non-hydrogen) atoms. The van der Waals surface area contributed by atoms with Crippen LogP contribution in [-0.4, -0.2) is 56.1 Å². The Balaban J connectivity index is 1.05. The molecule has 1 aromatic heterocycles. The summed E-state index contributed by atoms with van der Waals surface area (Å²) >= 11 is 0. The van der Waals surface area contributed by atoms with Crippen LogP contribution in [0.5, 0.6) is 11.5 Å². The first-order valence-electron chi connectivity index (χ1n) is 11.3. The predicted molar refractivity (Wildman–Crippen MR) is 124 cm³/mol. The lowest BCUT2D eigenvalue weighted by molar-refractivity contribution is 0.174. The van der Waals surface area contributed by atoms with E-state index in [-0.39, 0.29) is 6.79 Å². The molecule has 7 nitrogen and oxygen atoms in total. The van der Waals surface area contributed by atoms with E-state index < -0.39 is 0 Å². The van der Waals surface area contributed by atoms with Gasteiger partial charge in [0.2, 0.25) is 6.79 Å². The SMILES string of the molecule is Cc1ccc(N2CCN(CCNCc3cc(-c4ccc5c(c4)OCO5)no3)CC2)cc1C. The van der Waals surface area contributed by atoms with Crippen LogP contribution in [0.2, 0.25) is 0 Å². The average Bonchev–Trinajstić information content (AvgIpc) is 3.48. The van der Waals surface area contributed by atoms with E-state index in [4.69, 9.17) is 14.0 Å². The van der Waals surface area contributed by atoms with E-state index in [0.29, 0.717) is 6.54 Å². The minimum atomic E-state index is 0.271. The van der Waals surface area contributed by atoms with Crippen LogP contribution in [-0.2, 0) is 6.54 Å². The first kappa shape index (κ1) is 20.8. The molecule has 1 fully saturated rings. The molecule has 0 radical (unpaired) electrons. The van der Waals surface area contributed by atoms with Gasteiger partial charge in [-0.2, -0.15) is 0 Å². The van der Waals surface area contributed by atoms with Crippen LogP contribution in [0.1, 0.15) is 16.9 Å². The summed E-state index contributed by atoms with van der Waals surface area (Å²) in [6.45, 7) is 11.6. The van der Waals surface area contributed by atoms with Gasteiger partial charge in [0.1, 0.15) is 5.69 Å². The summed E-state index contributed by atoms with van der Waals surface area (Å²) in [4.78, 5) is 5.01. The third kappa shape index (κ3) is 4.59. The van der Waals surface area contributed by atoms with Crippen LogP contribution in [0.15, 0.2) is 47.0 Å². The summed E-state index contributed by atoms with van der Waals surface area (Å²) < 4.78 is 16.3. The number of aromatic nitrogens is 1. The average molecular weight is 435 g/mol. The standard InChI is InChI=1S/C25H30N4O3/c1-18-3-5-21(13-19(18)2)29-11-9-28(10-12-29)8-7-26-16-22-15-23(27-32-22)20-4-6-24-25(14-20)31-17-30-24/h3-6,13-15,26H,7-12,16-17H2,1-2H3. The van der Waals surface area contributed by atoms with Crippen molar-refractivity contribution < 1.29 is 14.0 Å². The lowest BCUT2D eigenvalue weighted by atomic mass is 10.1. The minimum absolute atomic E-state index is 0.271. The number of hydrogen-bond acceptors (Lipinski definition) is 7. The van der Waals surface area contributed by atoms with Crippen LogP contribution in [0, 0.1) is 13.8 Å². The molecule has 0 spiro atoms. The molecule has 0 bridgehead atoms. The van der Waals surface area contributed by atoms with Crippen molar-refractivity contribution in [1.82, 2.24) is 15.4 Å². The fraction of sp³-hybridized carbons (Fsp3) is 0.400. The molecule has 7 heteroatoms. The maximum absolute atomic E-state index is 5.51. The predicted octanol–water partition coefficient (Wildman–Crippen LogP) is 3.60. The fourth-order valence-electron chi connectivity index (χ4n) is 4.19. The summed E-state index contributed by atoms with van der Waals surface area (Å²) in [5.41, 5.74) is 5.83. The molecule has 1 N–H and O–H groups in total. The molecule has 0 saturated carbocycles. The van der Waals surface area contributed by atoms with E-state index in [0.717, 1.165) is 67.8 Å². The molecule has 0 amide bonds. The van der Waals surface area contributed by atoms with Crippen LogP contribution in [0.4, 0.5) is 5.69 Å². The first-order valence-corrected chi connectivity index (χ1v) is 11.3. The molecule has 0 atom stereocenters. The number of benzene rings is 2. The lowest BCUT2D eigenvalue weighted by Crippen LogP contribution is -2.48. The molecule has 0 aliphatic carbocycles. The molecule has 2 aliphatic heterocycles. The second kappa shape index (κ2) is 9.22. The number of piperazine rings is 1. The van der Waals surface area contributed by atoms with Gasteiger partial charge in [0.25, 0.3) is 0 Å². The van der Waals surface area contributed by atoms with Crippen LogP contribution >= 0.6 is 0 Å². The Morgan fingerprint density at radius 2 is 1.75 bits per heavy atom. The van der Waals surface area contributed by atoms with E-state index >= 15 is 0 Å². The van der Waals surface area contributed by atoms with Gasteiger partial charge in [-0.1, -0.05) is 11.2 Å². The van der Waals surface area contributed by atoms with Gasteiger partial charge in [0, 0.05) is 56.6 Å². The summed E-state index contributed by atoms with van der Waals surface area (Å²) in [7, 11) is 0. The number of rotatable bonds is 7. The fourth-order valence-corrected chi connectivity index (χ4v) is 4.19.